The van der Waals surface area contributed by atoms with Crippen molar-refractivity contribution in [1.29, 1.82) is 0 Å². The first-order valence-electron chi connectivity index (χ1n) is 7.65. The molecule has 0 bridgehead atoms. The van der Waals surface area contributed by atoms with Crippen LogP contribution in [0.1, 0.15) is 36.1 Å². The number of nitrogens with one attached hydrogen (secondary N) is 1. The predicted octanol–water partition coefficient (Wildman–Crippen LogP) is 4.15. The van der Waals surface area contributed by atoms with E-state index in [-0.39, 0.29) is 0 Å². The van der Waals surface area contributed by atoms with Gasteiger partial charge < -0.3 is 10.1 Å². The van der Waals surface area contributed by atoms with Gasteiger partial charge in [-0.15, -0.1) is 0 Å². The van der Waals surface area contributed by atoms with Crippen LogP contribution in [0.5, 0.6) is 5.75 Å². The Bertz CT molecular complexity index is 530. The summed E-state index contributed by atoms with van der Waals surface area (Å²) in [5, 5.41) is 3.42. The van der Waals surface area contributed by atoms with E-state index in [4.69, 9.17) is 4.74 Å². The summed E-state index contributed by atoms with van der Waals surface area (Å²) in [7, 11) is 3.73. The summed E-state index contributed by atoms with van der Waals surface area (Å²) in [4.78, 5) is 0. The van der Waals surface area contributed by atoms with Crippen molar-refractivity contribution in [2.45, 2.75) is 32.2 Å². The van der Waals surface area contributed by atoms with Crippen molar-refractivity contribution in [1.82, 2.24) is 5.32 Å². The Balaban J connectivity index is 1.97. The molecular formula is C19H25NO. The number of ether oxygens (including phenoxy) is 1. The van der Waals surface area contributed by atoms with Gasteiger partial charge in [-0.1, -0.05) is 43.3 Å². The summed E-state index contributed by atoms with van der Waals surface area (Å²) in [6.07, 6.45) is 3.25. The molecule has 0 saturated carbocycles. The number of hydrogen-bond acceptors (Lipinski definition) is 2. The van der Waals surface area contributed by atoms with Crippen molar-refractivity contribution in [2.24, 2.45) is 0 Å². The molecule has 0 fully saturated rings. The zero-order valence-electron chi connectivity index (χ0n) is 13.2. The molecule has 0 aliphatic rings. The standard InChI is InChI=1S/C19H25NO/c1-4-15-5-10-17(11-6-15)19(20-2)14-9-16-7-12-18(21-3)13-8-16/h5-8,10-13,19-20H,4,9,14H2,1-3H3. The molecule has 0 aliphatic carbocycles. The van der Waals surface area contributed by atoms with E-state index in [2.05, 4.69) is 48.6 Å². The Morgan fingerprint density at radius 1 is 0.952 bits per heavy atom. The van der Waals surface area contributed by atoms with Crippen LogP contribution in [0, 0.1) is 0 Å². The molecule has 112 valence electrons. The van der Waals surface area contributed by atoms with Crippen LogP contribution >= 0.6 is 0 Å². The molecule has 21 heavy (non-hydrogen) atoms. The molecule has 2 aromatic rings. The molecule has 0 aromatic heterocycles. The van der Waals surface area contributed by atoms with Crippen LogP contribution in [0.2, 0.25) is 0 Å². The first-order chi connectivity index (χ1) is 10.3. The number of rotatable bonds is 7. The second-order valence-corrected chi connectivity index (χ2v) is 5.32. The second kappa shape index (κ2) is 7.84. The maximum absolute atomic E-state index is 5.19. The maximum atomic E-state index is 5.19. The van der Waals surface area contributed by atoms with Crippen molar-refractivity contribution in [3.63, 3.8) is 0 Å². The highest BCUT2D eigenvalue weighted by atomic mass is 16.5. The monoisotopic (exact) mass is 283 g/mol. The smallest absolute Gasteiger partial charge is 0.118 e. The molecule has 1 atom stereocenters. The molecule has 1 unspecified atom stereocenters. The highest BCUT2D eigenvalue weighted by Crippen LogP contribution is 2.21. The third-order valence-electron chi connectivity index (χ3n) is 4.02. The molecule has 1 N–H and O–H groups in total. The molecule has 0 saturated heterocycles. The maximum Gasteiger partial charge on any atom is 0.118 e. The van der Waals surface area contributed by atoms with Crippen LogP contribution in [-0.2, 0) is 12.8 Å². The van der Waals surface area contributed by atoms with E-state index in [1.165, 1.54) is 16.7 Å². The molecule has 2 rings (SSSR count). The first kappa shape index (κ1) is 15.6. The minimum Gasteiger partial charge on any atom is -0.497 e. The van der Waals surface area contributed by atoms with Crippen molar-refractivity contribution in [3.8, 4) is 5.75 Å². The zero-order valence-corrected chi connectivity index (χ0v) is 13.2. The quantitative estimate of drug-likeness (QED) is 0.824. The largest absolute Gasteiger partial charge is 0.497 e. The molecule has 2 nitrogen and oxygen atoms in total. The third kappa shape index (κ3) is 4.33. The van der Waals surface area contributed by atoms with Crippen LogP contribution in [0.15, 0.2) is 48.5 Å². The van der Waals surface area contributed by atoms with Crippen LogP contribution in [0.25, 0.3) is 0 Å². The Hall–Kier alpha value is -1.80. The number of aryl methyl sites for hydroxylation is 2. The van der Waals surface area contributed by atoms with Gasteiger partial charge in [0.25, 0.3) is 0 Å². The fraction of sp³-hybridized carbons (Fsp3) is 0.368. The molecule has 0 spiro atoms. The van der Waals surface area contributed by atoms with Crippen molar-refractivity contribution < 1.29 is 4.74 Å². The highest BCUT2D eigenvalue weighted by molar-refractivity contribution is 5.28. The fourth-order valence-electron chi connectivity index (χ4n) is 2.57. The van der Waals surface area contributed by atoms with Crippen molar-refractivity contribution >= 4 is 0 Å². The molecule has 0 heterocycles. The van der Waals surface area contributed by atoms with Crippen LogP contribution < -0.4 is 10.1 Å². The van der Waals surface area contributed by atoms with Gasteiger partial charge >= 0.3 is 0 Å². The average Bonchev–Trinajstić information content (AvgIpc) is 2.56. The predicted molar refractivity (Wildman–Crippen MR) is 88.9 cm³/mol. The van der Waals surface area contributed by atoms with E-state index in [0.29, 0.717) is 6.04 Å². The Labute approximate surface area is 128 Å². The van der Waals surface area contributed by atoms with Gasteiger partial charge in [0.1, 0.15) is 5.75 Å². The third-order valence-corrected chi connectivity index (χ3v) is 4.02. The normalized spacial score (nSPS) is 12.1. The van der Waals surface area contributed by atoms with Gasteiger partial charge in [0.05, 0.1) is 7.11 Å². The highest BCUT2D eigenvalue weighted by Gasteiger charge is 2.09. The lowest BCUT2D eigenvalue weighted by molar-refractivity contribution is 0.414. The Morgan fingerprint density at radius 3 is 2.10 bits per heavy atom. The molecule has 0 amide bonds. The molecule has 0 aliphatic heterocycles. The molecule has 2 aromatic carbocycles. The minimum absolute atomic E-state index is 0.401. The molecule has 0 radical (unpaired) electrons. The lowest BCUT2D eigenvalue weighted by Crippen LogP contribution is -2.17. The van der Waals surface area contributed by atoms with E-state index in [9.17, 15) is 0 Å². The van der Waals surface area contributed by atoms with E-state index in [1.807, 2.05) is 19.2 Å². The Kier molecular flexibility index (Phi) is 5.82. The average molecular weight is 283 g/mol. The van der Waals surface area contributed by atoms with Crippen molar-refractivity contribution in [2.75, 3.05) is 14.2 Å². The zero-order chi connectivity index (χ0) is 15.1. The molecular weight excluding hydrogens is 258 g/mol. The number of hydrogen-bond donors (Lipinski definition) is 1. The van der Waals surface area contributed by atoms with E-state index < -0.39 is 0 Å². The van der Waals surface area contributed by atoms with Crippen molar-refractivity contribution in [3.05, 3.63) is 65.2 Å². The number of methoxy groups -OCH3 is 1. The van der Waals surface area contributed by atoms with Gasteiger partial charge in [0, 0.05) is 6.04 Å². The van der Waals surface area contributed by atoms with Gasteiger partial charge in [-0.2, -0.15) is 0 Å². The summed E-state index contributed by atoms with van der Waals surface area (Å²) >= 11 is 0. The fourth-order valence-corrected chi connectivity index (χ4v) is 2.57. The van der Waals surface area contributed by atoms with Gasteiger partial charge in [0.15, 0.2) is 0 Å². The summed E-state index contributed by atoms with van der Waals surface area (Å²) < 4.78 is 5.19. The summed E-state index contributed by atoms with van der Waals surface area (Å²) in [6.45, 7) is 2.19. The van der Waals surface area contributed by atoms with Crippen LogP contribution in [0.3, 0.4) is 0 Å². The first-order valence-corrected chi connectivity index (χ1v) is 7.65. The summed E-state index contributed by atoms with van der Waals surface area (Å²) in [6, 6.07) is 17.7. The van der Waals surface area contributed by atoms with Crippen LogP contribution in [-0.4, -0.2) is 14.2 Å². The lowest BCUT2D eigenvalue weighted by Gasteiger charge is -2.17. The van der Waals surface area contributed by atoms with E-state index in [1.54, 1.807) is 7.11 Å². The van der Waals surface area contributed by atoms with Crippen LogP contribution in [0.4, 0.5) is 0 Å². The van der Waals surface area contributed by atoms with Gasteiger partial charge in [-0.3, -0.25) is 0 Å². The van der Waals surface area contributed by atoms with Gasteiger partial charge in [0.2, 0.25) is 0 Å². The topological polar surface area (TPSA) is 21.3 Å². The van der Waals surface area contributed by atoms with E-state index in [0.717, 1.165) is 25.0 Å². The Morgan fingerprint density at radius 2 is 1.57 bits per heavy atom. The second-order valence-electron chi connectivity index (χ2n) is 5.32. The molecule has 2 heteroatoms. The lowest BCUT2D eigenvalue weighted by atomic mass is 9.98. The summed E-state index contributed by atoms with van der Waals surface area (Å²) in [5.74, 6) is 0.916. The summed E-state index contributed by atoms with van der Waals surface area (Å²) in [5.41, 5.74) is 4.10. The van der Waals surface area contributed by atoms with E-state index >= 15 is 0 Å². The SMILES string of the molecule is CCc1ccc(C(CCc2ccc(OC)cc2)NC)cc1. The van der Waals surface area contributed by atoms with Gasteiger partial charge in [-0.05, 0) is 55.1 Å². The minimum atomic E-state index is 0.401. The van der Waals surface area contributed by atoms with Gasteiger partial charge in [-0.25, -0.2) is 0 Å². The number of benzene rings is 2.